The molecule has 0 aliphatic carbocycles. The second-order valence-corrected chi connectivity index (χ2v) is 11.9. The molecule has 36 heavy (non-hydrogen) atoms. The number of nitrogens with one attached hydrogen (secondary N) is 3. The minimum Gasteiger partial charge on any atom is -0.322 e. The number of hydrogen-bond donors (Lipinski definition) is 3. The van der Waals surface area contributed by atoms with E-state index < -0.39 is 26.0 Å². The highest BCUT2D eigenvalue weighted by Crippen LogP contribution is 2.21. The average molecular weight is 586 g/mol. The van der Waals surface area contributed by atoms with E-state index in [4.69, 9.17) is 0 Å². The molecule has 0 spiro atoms. The fraction of sp³-hybridized carbons (Fsp3) is 0. The van der Waals surface area contributed by atoms with Gasteiger partial charge in [0.05, 0.1) is 9.79 Å². The summed E-state index contributed by atoms with van der Waals surface area (Å²) in [4.78, 5) is 12.9. The lowest BCUT2D eigenvalue weighted by Crippen LogP contribution is -2.15. The topological polar surface area (TPSA) is 121 Å². The number of sulfonamides is 2. The monoisotopic (exact) mass is 585 g/mol. The van der Waals surface area contributed by atoms with Crippen LogP contribution in [-0.2, 0) is 20.0 Å². The lowest BCUT2D eigenvalue weighted by molar-refractivity contribution is 0.102. The Kier molecular flexibility index (Phi) is 7.43. The molecule has 0 atom stereocenters. The molecule has 0 aliphatic heterocycles. The van der Waals surface area contributed by atoms with Gasteiger partial charge in [-0.05, 0) is 78.9 Å². The number of anilines is 3. The number of rotatable bonds is 8. The summed E-state index contributed by atoms with van der Waals surface area (Å²) in [6, 6.07) is 26.3. The maximum absolute atomic E-state index is 12.7. The van der Waals surface area contributed by atoms with E-state index in [1.807, 2.05) is 0 Å². The average Bonchev–Trinajstić information content (AvgIpc) is 2.86. The van der Waals surface area contributed by atoms with Crippen molar-refractivity contribution in [3.63, 3.8) is 0 Å². The highest BCUT2D eigenvalue weighted by molar-refractivity contribution is 9.10. The lowest BCUT2D eigenvalue weighted by atomic mass is 10.2. The third-order valence-corrected chi connectivity index (χ3v) is 8.27. The van der Waals surface area contributed by atoms with Crippen molar-refractivity contribution < 1.29 is 21.6 Å². The number of hydrogen-bond acceptors (Lipinski definition) is 5. The van der Waals surface area contributed by atoms with Crippen LogP contribution in [0, 0.1) is 0 Å². The minimum absolute atomic E-state index is 0.0285. The standard InChI is InChI=1S/C25H20BrN3O5S2/c26-19-9-11-21(12-10-19)28-36(33,34)24-15-13-20(14-16-24)27-25(30)18-5-4-6-22(17-18)29-35(31,32)23-7-2-1-3-8-23/h1-17,28-29H,(H,27,30). The summed E-state index contributed by atoms with van der Waals surface area (Å²) in [5, 5.41) is 2.68. The van der Waals surface area contributed by atoms with Crippen LogP contribution in [0.2, 0.25) is 0 Å². The first-order valence-corrected chi connectivity index (χ1v) is 14.3. The Balaban J connectivity index is 1.44. The van der Waals surface area contributed by atoms with E-state index in [0.29, 0.717) is 11.4 Å². The largest absolute Gasteiger partial charge is 0.322 e. The minimum atomic E-state index is -3.81. The molecule has 4 aromatic carbocycles. The van der Waals surface area contributed by atoms with Crippen LogP contribution >= 0.6 is 15.9 Å². The number of benzene rings is 4. The van der Waals surface area contributed by atoms with E-state index in [-0.39, 0.29) is 21.0 Å². The molecule has 0 aromatic heterocycles. The van der Waals surface area contributed by atoms with Gasteiger partial charge in [0.15, 0.2) is 0 Å². The van der Waals surface area contributed by atoms with Crippen LogP contribution in [0.5, 0.6) is 0 Å². The maximum atomic E-state index is 12.7. The molecule has 0 heterocycles. The molecule has 0 saturated carbocycles. The van der Waals surface area contributed by atoms with Crippen LogP contribution in [0.15, 0.2) is 117 Å². The second kappa shape index (κ2) is 10.5. The van der Waals surface area contributed by atoms with Crippen molar-refractivity contribution in [2.45, 2.75) is 9.79 Å². The van der Waals surface area contributed by atoms with E-state index in [1.165, 1.54) is 54.6 Å². The SMILES string of the molecule is O=C(Nc1ccc(S(=O)(=O)Nc2ccc(Br)cc2)cc1)c1cccc(NS(=O)(=O)c2ccccc2)c1. The van der Waals surface area contributed by atoms with Crippen LogP contribution in [0.4, 0.5) is 17.1 Å². The van der Waals surface area contributed by atoms with Crippen molar-refractivity contribution >= 4 is 58.9 Å². The van der Waals surface area contributed by atoms with Crippen LogP contribution in [0.25, 0.3) is 0 Å². The predicted molar refractivity (Wildman–Crippen MR) is 143 cm³/mol. The van der Waals surface area contributed by atoms with Gasteiger partial charge >= 0.3 is 0 Å². The Morgan fingerprint density at radius 3 is 1.78 bits per heavy atom. The first kappa shape index (κ1) is 25.4. The smallest absolute Gasteiger partial charge is 0.261 e. The summed E-state index contributed by atoms with van der Waals surface area (Å²) in [6.07, 6.45) is 0. The molecule has 4 rings (SSSR count). The van der Waals surface area contributed by atoms with Crippen LogP contribution in [0.3, 0.4) is 0 Å². The van der Waals surface area contributed by atoms with Gasteiger partial charge in [0.2, 0.25) is 0 Å². The summed E-state index contributed by atoms with van der Waals surface area (Å²) < 4.78 is 56.1. The first-order chi connectivity index (χ1) is 17.1. The van der Waals surface area contributed by atoms with E-state index in [9.17, 15) is 21.6 Å². The highest BCUT2D eigenvalue weighted by Gasteiger charge is 2.16. The molecule has 0 unspecified atom stereocenters. The van der Waals surface area contributed by atoms with Gasteiger partial charge in [-0.1, -0.05) is 40.2 Å². The Bertz CT molecular complexity index is 1590. The van der Waals surface area contributed by atoms with Crippen molar-refractivity contribution in [1.29, 1.82) is 0 Å². The Hall–Kier alpha value is -3.67. The number of carbonyl (C=O) groups is 1. The molecule has 0 radical (unpaired) electrons. The molecule has 0 fully saturated rings. The van der Waals surface area contributed by atoms with Gasteiger partial charge in [0, 0.05) is 27.1 Å². The van der Waals surface area contributed by atoms with Crippen LogP contribution in [-0.4, -0.2) is 22.7 Å². The third-order valence-electron chi connectivity index (χ3n) is 4.95. The summed E-state index contributed by atoms with van der Waals surface area (Å²) in [5.41, 5.74) is 1.24. The zero-order valence-corrected chi connectivity index (χ0v) is 21.8. The van der Waals surface area contributed by atoms with Crippen LogP contribution < -0.4 is 14.8 Å². The van der Waals surface area contributed by atoms with E-state index >= 15 is 0 Å². The van der Waals surface area contributed by atoms with Crippen LogP contribution in [0.1, 0.15) is 10.4 Å². The van der Waals surface area contributed by atoms with Crippen molar-refractivity contribution in [3.8, 4) is 0 Å². The zero-order valence-electron chi connectivity index (χ0n) is 18.6. The van der Waals surface area contributed by atoms with Gasteiger partial charge in [0.25, 0.3) is 26.0 Å². The molecule has 0 bridgehead atoms. The number of carbonyl (C=O) groups excluding carboxylic acids is 1. The quantitative estimate of drug-likeness (QED) is 0.259. The molecule has 0 saturated heterocycles. The van der Waals surface area contributed by atoms with E-state index in [1.54, 1.807) is 48.5 Å². The molecule has 11 heteroatoms. The van der Waals surface area contributed by atoms with Crippen molar-refractivity contribution in [1.82, 2.24) is 0 Å². The van der Waals surface area contributed by atoms with Gasteiger partial charge in [0.1, 0.15) is 0 Å². The summed E-state index contributed by atoms with van der Waals surface area (Å²) in [6.45, 7) is 0. The third kappa shape index (κ3) is 6.30. The number of halogens is 1. The van der Waals surface area contributed by atoms with Gasteiger partial charge in [-0.25, -0.2) is 16.8 Å². The van der Waals surface area contributed by atoms with E-state index in [2.05, 4.69) is 30.7 Å². The van der Waals surface area contributed by atoms with Gasteiger partial charge in [-0.15, -0.1) is 0 Å². The molecule has 3 N–H and O–H groups in total. The second-order valence-electron chi connectivity index (χ2n) is 7.59. The molecule has 8 nitrogen and oxygen atoms in total. The molecule has 4 aromatic rings. The van der Waals surface area contributed by atoms with Gasteiger partial charge in [-0.3, -0.25) is 14.2 Å². The molecule has 1 amide bonds. The predicted octanol–water partition coefficient (Wildman–Crippen LogP) is 5.30. The molecule has 184 valence electrons. The summed E-state index contributed by atoms with van der Waals surface area (Å²) in [7, 11) is -7.62. The Morgan fingerprint density at radius 1 is 0.583 bits per heavy atom. The fourth-order valence-electron chi connectivity index (χ4n) is 3.19. The normalized spacial score (nSPS) is 11.5. The van der Waals surface area contributed by atoms with Crippen molar-refractivity contribution in [2.75, 3.05) is 14.8 Å². The molecular formula is C25H20BrN3O5S2. The van der Waals surface area contributed by atoms with Gasteiger partial charge in [-0.2, -0.15) is 0 Å². The fourth-order valence-corrected chi connectivity index (χ4v) is 5.58. The highest BCUT2D eigenvalue weighted by atomic mass is 79.9. The van der Waals surface area contributed by atoms with Crippen molar-refractivity contribution in [2.24, 2.45) is 0 Å². The zero-order chi connectivity index (χ0) is 25.8. The number of amides is 1. The molecular weight excluding hydrogens is 566 g/mol. The summed E-state index contributed by atoms with van der Waals surface area (Å²) >= 11 is 3.30. The Labute approximate surface area is 217 Å². The van der Waals surface area contributed by atoms with Crippen molar-refractivity contribution in [3.05, 3.63) is 113 Å². The van der Waals surface area contributed by atoms with E-state index in [0.717, 1.165) is 4.47 Å². The molecule has 0 aliphatic rings. The summed E-state index contributed by atoms with van der Waals surface area (Å²) in [5.74, 6) is -0.487. The van der Waals surface area contributed by atoms with Gasteiger partial charge < -0.3 is 5.32 Å². The first-order valence-electron chi connectivity index (χ1n) is 10.5. The Morgan fingerprint density at radius 2 is 1.14 bits per heavy atom. The lowest BCUT2D eigenvalue weighted by Gasteiger charge is -2.11. The maximum Gasteiger partial charge on any atom is 0.261 e.